The molecule has 0 radical (unpaired) electrons. The number of carbonyl (C=O) groups is 1. The van der Waals surface area contributed by atoms with Gasteiger partial charge in [-0.1, -0.05) is 12.8 Å². The molecular weight excluding hydrogens is 252 g/mol. The summed E-state index contributed by atoms with van der Waals surface area (Å²) >= 11 is 0. The van der Waals surface area contributed by atoms with Crippen molar-refractivity contribution < 1.29 is 4.79 Å². The molecule has 2 unspecified atom stereocenters. The van der Waals surface area contributed by atoms with Crippen LogP contribution in [0.1, 0.15) is 45.1 Å². The fourth-order valence-corrected chi connectivity index (χ4v) is 3.10. The first kappa shape index (κ1) is 15.0. The molecule has 1 aromatic rings. The van der Waals surface area contributed by atoms with Gasteiger partial charge in [0.15, 0.2) is 0 Å². The van der Waals surface area contributed by atoms with Crippen LogP contribution >= 0.6 is 0 Å². The molecule has 1 aliphatic carbocycles. The van der Waals surface area contributed by atoms with Crippen molar-refractivity contribution in [1.29, 1.82) is 0 Å². The molecule has 1 saturated carbocycles. The number of nitrogens with two attached hydrogens (primary N) is 1. The molecular formula is C15H26N4O. The lowest BCUT2D eigenvalue weighted by Crippen LogP contribution is -2.53. The van der Waals surface area contributed by atoms with Gasteiger partial charge in [0.1, 0.15) is 0 Å². The molecule has 0 spiro atoms. The summed E-state index contributed by atoms with van der Waals surface area (Å²) in [5, 5.41) is 4.16. The van der Waals surface area contributed by atoms with Gasteiger partial charge in [-0.3, -0.25) is 9.48 Å². The Labute approximate surface area is 121 Å². The SMILES string of the molecule is CCN(Cc1cnn(C)c1)C(=O)C1CCCCC1(C)N. The molecule has 5 nitrogen and oxygen atoms in total. The van der Waals surface area contributed by atoms with Crippen molar-refractivity contribution in [3.63, 3.8) is 0 Å². The summed E-state index contributed by atoms with van der Waals surface area (Å²) in [6, 6.07) is 0. The maximum atomic E-state index is 12.8. The Kier molecular flexibility index (Phi) is 4.48. The summed E-state index contributed by atoms with van der Waals surface area (Å²) < 4.78 is 1.77. The molecule has 1 fully saturated rings. The van der Waals surface area contributed by atoms with E-state index in [0.717, 1.165) is 31.2 Å². The highest BCUT2D eigenvalue weighted by Crippen LogP contribution is 2.33. The molecule has 1 aromatic heterocycles. The average Bonchev–Trinajstić information content (AvgIpc) is 2.80. The van der Waals surface area contributed by atoms with Gasteiger partial charge in [-0.2, -0.15) is 5.10 Å². The Bertz CT molecular complexity index is 466. The van der Waals surface area contributed by atoms with E-state index in [4.69, 9.17) is 5.73 Å². The second-order valence-electron chi connectivity index (χ2n) is 6.18. The van der Waals surface area contributed by atoms with Crippen LogP contribution in [0.5, 0.6) is 0 Å². The van der Waals surface area contributed by atoms with Crippen LogP contribution in [0.4, 0.5) is 0 Å². The molecule has 112 valence electrons. The van der Waals surface area contributed by atoms with Crippen LogP contribution in [0.2, 0.25) is 0 Å². The van der Waals surface area contributed by atoms with Crippen LogP contribution in [-0.4, -0.2) is 32.7 Å². The first-order chi connectivity index (χ1) is 9.44. The van der Waals surface area contributed by atoms with E-state index in [1.54, 1.807) is 4.68 Å². The molecule has 0 bridgehead atoms. The van der Waals surface area contributed by atoms with Crippen LogP contribution in [0.3, 0.4) is 0 Å². The summed E-state index contributed by atoms with van der Waals surface area (Å²) in [5.74, 6) is 0.147. The second kappa shape index (κ2) is 5.95. The summed E-state index contributed by atoms with van der Waals surface area (Å²) in [5.41, 5.74) is 7.05. The van der Waals surface area contributed by atoms with Gasteiger partial charge in [0.25, 0.3) is 0 Å². The third-order valence-corrected chi connectivity index (χ3v) is 4.38. The van der Waals surface area contributed by atoms with E-state index in [1.165, 1.54) is 0 Å². The second-order valence-corrected chi connectivity index (χ2v) is 6.18. The van der Waals surface area contributed by atoms with Crippen molar-refractivity contribution in [1.82, 2.24) is 14.7 Å². The molecule has 2 rings (SSSR count). The minimum Gasteiger partial charge on any atom is -0.338 e. The summed E-state index contributed by atoms with van der Waals surface area (Å²) in [6.07, 6.45) is 7.86. The monoisotopic (exact) mass is 278 g/mol. The molecule has 5 heteroatoms. The number of aryl methyl sites for hydroxylation is 1. The zero-order valence-corrected chi connectivity index (χ0v) is 12.8. The number of carbonyl (C=O) groups excluding carboxylic acids is 1. The third kappa shape index (κ3) is 3.20. The molecule has 2 N–H and O–H groups in total. The zero-order chi connectivity index (χ0) is 14.8. The highest BCUT2D eigenvalue weighted by molar-refractivity contribution is 5.80. The number of rotatable bonds is 4. The van der Waals surface area contributed by atoms with Crippen LogP contribution in [-0.2, 0) is 18.4 Å². The van der Waals surface area contributed by atoms with Crippen molar-refractivity contribution >= 4 is 5.91 Å². The van der Waals surface area contributed by atoms with Crippen molar-refractivity contribution in [2.45, 2.75) is 51.6 Å². The van der Waals surface area contributed by atoms with Crippen molar-refractivity contribution in [2.75, 3.05) is 6.54 Å². The summed E-state index contributed by atoms with van der Waals surface area (Å²) in [4.78, 5) is 14.7. The maximum absolute atomic E-state index is 12.8. The Morgan fingerprint density at radius 1 is 1.60 bits per heavy atom. The zero-order valence-electron chi connectivity index (χ0n) is 12.8. The number of amides is 1. The Morgan fingerprint density at radius 2 is 2.35 bits per heavy atom. The molecule has 0 saturated heterocycles. The highest BCUT2D eigenvalue weighted by Gasteiger charge is 2.39. The normalized spacial score (nSPS) is 26.5. The lowest BCUT2D eigenvalue weighted by atomic mass is 9.74. The van der Waals surface area contributed by atoms with E-state index in [0.29, 0.717) is 13.1 Å². The van der Waals surface area contributed by atoms with Crippen LogP contribution in [0.15, 0.2) is 12.4 Å². The Morgan fingerprint density at radius 3 is 2.90 bits per heavy atom. The molecule has 1 aliphatic rings. The van der Waals surface area contributed by atoms with Gasteiger partial charge in [0.05, 0.1) is 12.1 Å². The Balaban J connectivity index is 2.08. The van der Waals surface area contributed by atoms with Crippen LogP contribution < -0.4 is 5.73 Å². The molecule has 2 atom stereocenters. The highest BCUT2D eigenvalue weighted by atomic mass is 16.2. The minimum absolute atomic E-state index is 0.0483. The standard InChI is InChI=1S/C15H26N4O/c1-4-19(11-12-9-17-18(3)10-12)14(20)13-7-5-6-8-15(13,2)16/h9-10,13H,4-8,11,16H2,1-3H3. The fraction of sp³-hybridized carbons (Fsp3) is 0.733. The number of hydrogen-bond donors (Lipinski definition) is 1. The molecule has 1 amide bonds. The Hall–Kier alpha value is -1.36. The van der Waals surface area contributed by atoms with Gasteiger partial charge in [-0.25, -0.2) is 0 Å². The van der Waals surface area contributed by atoms with E-state index in [9.17, 15) is 4.79 Å². The van der Waals surface area contributed by atoms with Crippen molar-refractivity contribution in [3.8, 4) is 0 Å². The predicted octanol–water partition coefficient (Wildman–Crippen LogP) is 1.68. The number of aromatic nitrogens is 2. The van der Waals surface area contributed by atoms with E-state index in [2.05, 4.69) is 5.10 Å². The lowest BCUT2D eigenvalue weighted by Gasteiger charge is -2.39. The summed E-state index contributed by atoms with van der Waals surface area (Å²) in [7, 11) is 1.89. The van der Waals surface area contributed by atoms with Gasteiger partial charge in [0, 0.05) is 37.4 Å². The molecule has 1 heterocycles. The van der Waals surface area contributed by atoms with Gasteiger partial charge < -0.3 is 10.6 Å². The molecule has 0 aromatic carbocycles. The predicted molar refractivity (Wildman–Crippen MR) is 78.8 cm³/mol. The molecule has 0 aliphatic heterocycles. The van der Waals surface area contributed by atoms with E-state index in [1.807, 2.05) is 38.2 Å². The first-order valence-corrected chi connectivity index (χ1v) is 7.49. The van der Waals surface area contributed by atoms with Gasteiger partial charge in [0.2, 0.25) is 5.91 Å². The van der Waals surface area contributed by atoms with Crippen LogP contribution in [0.25, 0.3) is 0 Å². The van der Waals surface area contributed by atoms with E-state index >= 15 is 0 Å². The number of nitrogens with zero attached hydrogens (tertiary/aromatic N) is 3. The topological polar surface area (TPSA) is 64.2 Å². The third-order valence-electron chi connectivity index (χ3n) is 4.38. The van der Waals surface area contributed by atoms with Crippen LogP contribution in [0, 0.1) is 5.92 Å². The minimum atomic E-state index is -0.363. The first-order valence-electron chi connectivity index (χ1n) is 7.49. The van der Waals surface area contributed by atoms with E-state index < -0.39 is 0 Å². The van der Waals surface area contributed by atoms with Crippen molar-refractivity contribution in [2.24, 2.45) is 18.7 Å². The average molecular weight is 278 g/mol. The van der Waals surface area contributed by atoms with Crippen molar-refractivity contribution in [3.05, 3.63) is 18.0 Å². The quantitative estimate of drug-likeness (QED) is 0.911. The smallest absolute Gasteiger partial charge is 0.227 e. The largest absolute Gasteiger partial charge is 0.338 e. The van der Waals surface area contributed by atoms with Gasteiger partial charge in [-0.15, -0.1) is 0 Å². The van der Waals surface area contributed by atoms with Gasteiger partial charge >= 0.3 is 0 Å². The summed E-state index contributed by atoms with van der Waals surface area (Å²) in [6.45, 7) is 5.37. The number of hydrogen-bond acceptors (Lipinski definition) is 3. The fourth-order valence-electron chi connectivity index (χ4n) is 3.10. The maximum Gasteiger partial charge on any atom is 0.227 e. The lowest BCUT2D eigenvalue weighted by molar-refractivity contribution is -0.139. The van der Waals surface area contributed by atoms with E-state index in [-0.39, 0.29) is 17.4 Å². The van der Waals surface area contributed by atoms with Gasteiger partial charge in [-0.05, 0) is 26.7 Å². The molecule has 20 heavy (non-hydrogen) atoms.